The second-order valence-corrected chi connectivity index (χ2v) is 16.6. The fourth-order valence-corrected chi connectivity index (χ4v) is 8.39. The Morgan fingerprint density at radius 2 is 1.37 bits per heavy atom. The number of ether oxygens (including phenoxy) is 3. The minimum atomic E-state index is -4.44. The Hall–Kier alpha value is -6.12. The molecule has 18 nitrogen and oxygen atoms in total. The lowest BCUT2D eigenvalue weighted by Crippen LogP contribution is -2.39. The molecule has 19 heteroatoms. The molecule has 0 aromatic heterocycles. The van der Waals surface area contributed by atoms with E-state index in [4.69, 9.17) is 19.9 Å². The van der Waals surface area contributed by atoms with Crippen LogP contribution in [0.15, 0.2) is 77.7 Å². The summed E-state index contributed by atoms with van der Waals surface area (Å²) < 4.78 is 49.5. The normalized spacial score (nSPS) is 14.9. The van der Waals surface area contributed by atoms with Crippen molar-refractivity contribution in [2.24, 2.45) is 5.92 Å². The molecular formula is C44H49N5O13S. The number of carbonyl (C=O) groups excluding carboxylic acids is 3. The van der Waals surface area contributed by atoms with Crippen LogP contribution in [0, 0.1) is 26.1 Å². The Bertz CT molecular complexity index is 2430. The summed E-state index contributed by atoms with van der Waals surface area (Å²) in [5.41, 5.74) is 8.27. The van der Waals surface area contributed by atoms with Gasteiger partial charge in [0.1, 0.15) is 11.3 Å². The van der Waals surface area contributed by atoms with Crippen molar-refractivity contribution in [3.63, 3.8) is 0 Å². The molecule has 0 radical (unpaired) electrons. The van der Waals surface area contributed by atoms with Crippen molar-refractivity contribution in [2.45, 2.75) is 56.3 Å². The first-order valence-electron chi connectivity index (χ1n) is 20.7. The molecule has 1 heterocycles. The van der Waals surface area contributed by atoms with Gasteiger partial charge in [-0.05, 0) is 81.3 Å². The molecule has 6 rings (SSSR count). The predicted octanol–water partition coefficient (Wildman–Crippen LogP) is 6.88. The third-order valence-electron chi connectivity index (χ3n) is 11.1. The first-order valence-corrected chi connectivity index (χ1v) is 22.1. The van der Waals surface area contributed by atoms with Crippen LogP contribution in [0.3, 0.4) is 0 Å². The summed E-state index contributed by atoms with van der Waals surface area (Å²) in [5.74, 6) is -0.971. The van der Waals surface area contributed by atoms with Crippen LogP contribution in [0.25, 0.3) is 0 Å². The molecule has 1 fully saturated rings. The highest BCUT2D eigenvalue weighted by Gasteiger charge is 2.37. The zero-order chi connectivity index (χ0) is 45.1. The van der Waals surface area contributed by atoms with Gasteiger partial charge < -0.3 is 30.2 Å². The molecule has 4 aromatic carbocycles. The van der Waals surface area contributed by atoms with E-state index in [1.54, 1.807) is 30.3 Å². The monoisotopic (exact) mass is 887 g/mol. The number of Topliss-reactive ketones (excluding diaryl/α,β-unsaturated/α-hetero) is 1. The number of nitro benzene ring substituents is 2. The van der Waals surface area contributed by atoms with Crippen LogP contribution in [0.4, 0.5) is 34.1 Å². The van der Waals surface area contributed by atoms with E-state index in [9.17, 15) is 47.6 Å². The third kappa shape index (κ3) is 11.5. The molecule has 1 atom stereocenters. The van der Waals surface area contributed by atoms with Gasteiger partial charge in [-0.25, -0.2) is 0 Å². The first kappa shape index (κ1) is 46.4. The van der Waals surface area contributed by atoms with Gasteiger partial charge in [0.25, 0.3) is 21.5 Å². The molecule has 63 heavy (non-hydrogen) atoms. The fourth-order valence-electron chi connectivity index (χ4n) is 7.91. The van der Waals surface area contributed by atoms with E-state index in [2.05, 4.69) is 5.32 Å². The van der Waals surface area contributed by atoms with Crippen molar-refractivity contribution in [1.82, 2.24) is 0 Å². The van der Waals surface area contributed by atoms with E-state index < -0.39 is 31.5 Å². The van der Waals surface area contributed by atoms with E-state index in [0.717, 1.165) is 0 Å². The number of anilines is 4. The van der Waals surface area contributed by atoms with Crippen molar-refractivity contribution in [1.29, 1.82) is 0 Å². The Labute approximate surface area is 363 Å². The quantitative estimate of drug-likeness (QED) is 0.0198. The number of benzene rings is 4. The summed E-state index contributed by atoms with van der Waals surface area (Å²) >= 11 is 0. The van der Waals surface area contributed by atoms with E-state index in [1.807, 2.05) is 4.90 Å². The van der Waals surface area contributed by atoms with Crippen molar-refractivity contribution in [3.05, 3.63) is 121 Å². The van der Waals surface area contributed by atoms with E-state index in [-0.39, 0.29) is 73.6 Å². The molecule has 334 valence electrons. The summed E-state index contributed by atoms with van der Waals surface area (Å²) in [6, 6.07) is 17.3. The number of hydrogen-bond acceptors (Lipinski definition) is 15. The van der Waals surface area contributed by atoms with Crippen LogP contribution in [0.5, 0.6) is 0 Å². The number of nitrogens with zero attached hydrogens (tertiary/aromatic N) is 3. The maximum Gasteiger partial charge on any atom is 0.294 e. The van der Waals surface area contributed by atoms with Gasteiger partial charge >= 0.3 is 0 Å². The zero-order valence-electron chi connectivity index (χ0n) is 34.5. The molecule has 4 N–H and O–H groups in total. The maximum atomic E-state index is 14.0. The number of fused-ring (bicyclic) bond motifs is 2. The van der Waals surface area contributed by atoms with Crippen LogP contribution >= 0.6 is 0 Å². The van der Waals surface area contributed by atoms with Gasteiger partial charge in [-0.3, -0.25) is 39.2 Å². The summed E-state index contributed by atoms with van der Waals surface area (Å²) in [4.78, 5) is 64.3. The van der Waals surface area contributed by atoms with E-state index in [0.29, 0.717) is 109 Å². The Kier molecular flexibility index (Phi) is 15.7. The van der Waals surface area contributed by atoms with Crippen molar-refractivity contribution in [2.75, 3.05) is 68.7 Å². The minimum absolute atomic E-state index is 0.0570. The number of nitro groups is 2. The molecule has 1 unspecified atom stereocenters. The number of nitrogen functional groups attached to an aromatic ring is 1. The number of ketones is 3. The van der Waals surface area contributed by atoms with E-state index >= 15 is 0 Å². The fraction of sp³-hybridized carbons (Fsp3) is 0.386. The molecule has 1 aliphatic carbocycles. The molecule has 1 aliphatic heterocycles. The molecular weight excluding hydrogens is 839 g/mol. The smallest absolute Gasteiger partial charge is 0.294 e. The highest BCUT2D eigenvalue weighted by Crippen LogP contribution is 2.43. The predicted molar refractivity (Wildman–Crippen MR) is 233 cm³/mol. The number of carbonyl (C=O) groups is 3. The molecule has 0 bridgehead atoms. The third-order valence-corrected chi connectivity index (χ3v) is 11.9. The Morgan fingerprint density at radius 3 is 1.95 bits per heavy atom. The van der Waals surface area contributed by atoms with Crippen LogP contribution in [-0.4, -0.2) is 92.9 Å². The number of piperidine rings is 1. The van der Waals surface area contributed by atoms with Gasteiger partial charge in [0, 0.05) is 67.6 Å². The molecule has 0 amide bonds. The van der Waals surface area contributed by atoms with Gasteiger partial charge in [-0.15, -0.1) is 0 Å². The van der Waals surface area contributed by atoms with Crippen molar-refractivity contribution in [3.8, 4) is 0 Å². The minimum Gasteiger partial charge on any atom is -0.396 e. The van der Waals surface area contributed by atoms with Gasteiger partial charge in [-0.1, -0.05) is 24.3 Å². The average molecular weight is 888 g/mol. The molecule has 0 saturated carbocycles. The number of rotatable bonds is 23. The molecule has 1 saturated heterocycles. The number of unbranched alkanes of at least 4 members (excludes halogenated alkanes) is 2. The first-order chi connectivity index (χ1) is 30.3. The van der Waals surface area contributed by atoms with Crippen molar-refractivity contribution < 1.29 is 51.4 Å². The number of nitrogens with two attached hydrogens (primary N) is 1. The van der Waals surface area contributed by atoms with E-state index in [1.165, 1.54) is 42.5 Å². The highest BCUT2D eigenvalue weighted by atomic mass is 32.2. The average Bonchev–Trinajstić information content (AvgIpc) is 3.27. The van der Waals surface area contributed by atoms with Gasteiger partial charge in [0.05, 0.1) is 69.4 Å². The van der Waals surface area contributed by atoms with Gasteiger partial charge in [0.15, 0.2) is 11.6 Å². The molecule has 0 spiro atoms. The molecule has 4 aromatic rings. The topological polar surface area (TPSA) is 261 Å². The zero-order valence-corrected chi connectivity index (χ0v) is 35.3. The Balaban J connectivity index is 0.932. The van der Waals surface area contributed by atoms with Crippen LogP contribution in [0.1, 0.15) is 82.4 Å². The number of hydrogen-bond donors (Lipinski definition) is 3. The summed E-state index contributed by atoms with van der Waals surface area (Å²) in [6.45, 7) is 3.18. The maximum absolute atomic E-state index is 14.0. The SMILES string of the molecule is Nc1c(N2CCCC(C(=O)CCCCOCCOCCOCCCCc3c([N+](=O)[O-])cccc3[N+](=O)[O-])C2)cc(Nc2ccc(S(=O)(=O)O)cc2)c2c1C(=O)c1ccccc1C2=O. The summed E-state index contributed by atoms with van der Waals surface area (Å²) in [5, 5.41) is 25.8. The molecule has 2 aliphatic rings. The van der Waals surface area contributed by atoms with Crippen LogP contribution in [-0.2, 0) is 35.5 Å². The number of nitrogens with one attached hydrogen (secondary N) is 1. The lowest BCUT2D eigenvalue weighted by Gasteiger charge is -2.36. The second kappa shape index (κ2) is 21.3. The largest absolute Gasteiger partial charge is 0.396 e. The highest BCUT2D eigenvalue weighted by molar-refractivity contribution is 7.85. The van der Waals surface area contributed by atoms with Crippen LogP contribution in [0.2, 0.25) is 0 Å². The van der Waals surface area contributed by atoms with Gasteiger partial charge in [0.2, 0.25) is 0 Å². The summed E-state index contributed by atoms with van der Waals surface area (Å²) in [7, 11) is -4.44. The van der Waals surface area contributed by atoms with Crippen molar-refractivity contribution >= 4 is 61.6 Å². The summed E-state index contributed by atoms with van der Waals surface area (Å²) in [6.07, 6.45) is 4.32. The second-order valence-electron chi connectivity index (χ2n) is 15.2. The Morgan fingerprint density at radius 1 is 0.794 bits per heavy atom. The van der Waals surface area contributed by atoms with Crippen LogP contribution < -0.4 is 16.0 Å². The van der Waals surface area contributed by atoms with Gasteiger partial charge in [-0.2, -0.15) is 8.42 Å². The lowest BCUT2D eigenvalue weighted by molar-refractivity contribution is -0.395. The standard InChI is InChI=1S/C44H49N5O13S/c45-42-38(27-35(46-30-16-18-31(19-17-30)63(57,58)59)40-41(42)44(52)33-11-2-1-10-32(33)43(40)51)47-20-8-9-29(28-47)39(50)15-4-6-22-61-24-26-62-25-23-60-21-5-3-12-34-36(48(53)54)13-7-14-37(34)49(55)56/h1-2,7,10-11,13-14,16-19,27,29,46H,3-6,8-9,12,15,20-26,28,45H2,(H,57,58,59). The lowest BCUT2D eigenvalue weighted by atomic mass is 9.81.